The average Bonchev–Trinajstić information content (AvgIpc) is 3.10. The number of aromatic carboxylic acids is 1. The lowest BCUT2D eigenvalue weighted by atomic mass is 9.89. The van der Waals surface area contributed by atoms with Crippen molar-refractivity contribution >= 4 is 34.5 Å². The van der Waals surface area contributed by atoms with E-state index in [2.05, 4.69) is 10.1 Å². The number of carboxylic acid groups (broad SMARTS) is 1. The molecule has 0 atom stereocenters. The second-order valence-corrected chi connectivity index (χ2v) is 12.4. The lowest BCUT2D eigenvalue weighted by Crippen LogP contribution is -2.24. The monoisotopic (exact) mass is 706 g/mol. The topological polar surface area (TPSA) is 112 Å². The smallest absolute Gasteiger partial charge is 0.336 e. The normalized spacial score (nSPS) is 11.1. The number of anilines is 1. The van der Waals surface area contributed by atoms with Gasteiger partial charge in [0.25, 0.3) is 5.91 Å². The molecule has 2 N–H and O–H groups in total. The maximum Gasteiger partial charge on any atom is 0.336 e. The SMILES string of the molecule is CN(C)c1ccc2c(-c3ccc(C(=O)NCCCCCCC(=O)Oc4c(F)c(F)cc(F)c4F)cc3C(=O)O)c3ccc(=[N+](C)C)cc-3oc2c1. The molecule has 13 heteroatoms. The van der Waals surface area contributed by atoms with Crippen LogP contribution in [0.25, 0.3) is 33.4 Å². The van der Waals surface area contributed by atoms with Gasteiger partial charge >= 0.3 is 11.9 Å². The first kappa shape index (κ1) is 36.6. The Labute approximate surface area is 290 Å². The van der Waals surface area contributed by atoms with Gasteiger partial charge in [0.2, 0.25) is 22.7 Å². The molecule has 1 heterocycles. The quantitative estimate of drug-likeness (QED) is 0.0278. The van der Waals surface area contributed by atoms with E-state index in [0.717, 1.165) is 11.0 Å². The van der Waals surface area contributed by atoms with Crippen molar-refractivity contribution in [2.45, 2.75) is 32.1 Å². The molecule has 0 spiro atoms. The number of carboxylic acids is 1. The minimum atomic E-state index is -1.79. The Bertz CT molecular complexity index is 2170. The molecule has 3 aromatic carbocycles. The molecule has 2 aliphatic rings. The fourth-order valence-corrected chi connectivity index (χ4v) is 5.65. The summed E-state index contributed by atoms with van der Waals surface area (Å²) in [5.41, 5.74) is 3.37. The minimum absolute atomic E-state index is 0.0208. The summed E-state index contributed by atoms with van der Waals surface area (Å²) >= 11 is 0. The van der Waals surface area contributed by atoms with Crippen LogP contribution < -0.4 is 24.9 Å². The third kappa shape index (κ3) is 8.03. The van der Waals surface area contributed by atoms with E-state index in [4.69, 9.17) is 4.42 Å². The summed E-state index contributed by atoms with van der Waals surface area (Å²) in [5.74, 6) is -10.5. The number of benzene rings is 4. The predicted molar refractivity (Wildman–Crippen MR) is 184 cm³/mol. The van der Waals surface area contributed by atoms with Gasteiger partial charge in [-0.05, 0) is 48.7 Å². The van der Waals surface area contributed by atoms with Gasteiger partial charge in [0.1, 0.15) is 25.4 Å². The van der Waals surface area contributed by atoms with Gasteiger partial charge in [-0.25, -0.2) is 18.2 Å². The van der Waals surface area contributed by atoms with Crippen LogP contribution in [-0.2, 0) is 4.79 Å². The number of unbranched alkanes of at least 4 members (excludes halogenated alkanes) is 3. The van der Waals surface area contributed by atoms with Crippen LogP contribution >= 0.6 is 0 Å². The fraction of sp³-hybridized carbons (Fsp3) is 0.263. The highest BCUT2D eigenvalue weighted by atomic mass is 19.2. The number of nitrogens with zero attached hydrogens (tertiary/aromatic N) is 2. The zero-order chi connectivity index (χ0) is 37.0. The highest BCUT2D eigenvalue weighted by Crippen LogP contribution is 2.42. The third-order valence-corrected chi connectivity index (χ3v) is 8.38. The summed E-state index contributed by atoms with van der Waals surface area (Å²) < 4.78 is 66.9. The van der Waals surface area contributed by atoms with E-state index in [-0.39, 0.29) is 36.6 Å². The van der Waals surface area contributed by atoms with Gasteiger partial charge in [0.05, 0.1) is 11.6 Å². The Morgan fingerprint density at radius 2 is 1.53 bits per heavy atom. The molecule has 1 aliphatic heterocycles. The van der Waals surface area contributed by atoms with Gasteiger partial charge in [-0.1, -0.05) is 18.9 Å². The number of esters is 1. The van der Waals surface area contributed by atoms with E-state index in [0.29, 0.717) is 52.7 Å². The first-order valence-electron chi connectivity index (χ1n) is 16.1. The van der Waals surface area contributed by atoms with Crippen LogP contribution in [0.2, 0.25) is 0 Å². The molecule has 0 radical (unpaired) electrons. The van der Waals surface area contributed by atoms with E-state index in [1.165, 1.54) is 6.07 Å². The number of hydrogen-bond acceptors (Lipinski definition) is 6. The molecule has 0 bridgehead atoms. The maximum absolute atomic E-state index is 13.7. The Balaban J connectivity index is 1.26. The summed E-state index contributed by atoms with van der Waals surface area (Å²) in [6, 6.07) is 16.0. The van der Waals surface area contributed by atoms with E-state index >= 15 is 0 Å². The molecule has 1 amide bonds. The molecule has 266 valence electrons. The largest absolute Gasteiger partial charge is 0.478 e. The van der Waals surface area contributed by atoms with Crippen molar-refractivity contribution in [3.8, 4) is 28.2 Å². The van der Waals surface area contributed by atoms with Crippen LogP contribution in [0.3, 0.4) is 0 Å². The standard InChI is InChI=1S/C38H35F4N3O6/c1-44(2)22-11-14-25-30(18-22)50-31-19-23(45(3)4)12-15-26(31)33(25)24-13-10-21(17-27(24)38(48)49)37(47)43-16-8-6-5-7-9-32(46)51-36-34(41)28(39)20-29(40)35(36)42/h10-15,17-20H,5-9,16H2,1-4H3,(H-,43,47,48,49)/p+1. The Kier molecular flexibility index (Phi) is 11.1. The van der Waals surface area contributed by atoms with Crippen LogP contribution in [-0.4, -0.2) is 57.7 Å². The number of amides is 1. The summed E-state index contributed by atoms with van der Waals surface area (Å²) in [6.45, 7) is 0.254. The zero-order valence-corrected chi connectivity index (χ0v) is 28.4. The van der Waals surface area contributed by atoms with E-state index in [9.17, 15) is 37.1 Å². The van der Waals surface area contributed by atoms with Crippen LogP contribution in [0.5, 0.6) is 5.75 Å². The Hall–Kier alpha value is -5.72. The first-order chi connectivity index (χ1) is 24.3. The number of rotatable bonds is 12. The molecule has 0 aromatic heterocycles. The van der Waals surface area contributed by atoms with Gasteiger partial charge in [-0.2, -0.15) is 8.78 Å². The summed E-state index contributed by atoms with van der Waals surface area (Å²) in [6.07, 6.45) is 1.58. The molecule has 51 heavy (non-hydrogen) atoms. The predicted octanol–water partition coefficient (Wildman–Crippen LogP) is 6.84. The number of carbonyl (C=O) groups is 3. The van der Waals surface area contributed by atoms with Gasteiger partial charge in [-0.3, -0.25) is 9.59 Å². The summed E-state index contributed by atoms with van der Waals surface area (Å²) in [5, 5.41) is 14.7. The highest BCUT2D eigenvalue weighted by molar-refractivity contribution is 6.09. The maximum atomic E-state index is 13.7. The lowest BCUT2D eigenvalue weighted by Gasteiger charge is -2.19. The lowest BCUT2D eigenvalue weighted by molar-refractivity contribution is -0.135. The van der Waals surface area contributed by atoms with E-state index in [1.54, 1.807) is 12.1 Å². The number of carbonyl (C=O) groups excluding carboxylic acids is 2. The van der Waals surface area contributed by atoms with Crippen LogP contribution in [0.4, 0.5) is 23.2 Å². The molecule has 0 fully saturated rings. The van der Waals surface area contributed by atoms with Crippen molar-refractivity contribution in [2.75, 3.05) is 39.6 Å². The van der Waals surface area contributed by atoms with Gasteiger partial charge < -0.3 is 24.5 Å². The Morgan fingerprint density at radius 1 is 0.843 bits per heavy atom. The second-order valence-electron chi connectivity index (χ2n) is 12.4. The number of halogens is 4. The van der Waals surface area contributed by atoms with Crippen molar-refractivity contribution in [1.82, 2.24) is 9.89 Å². The zero-order valence-electron chi connectivity index (χ0n) is 28.4. The molecule has 5 rings (SSSR count). The highest BCUT2D eigenvalue weighted by Gasteiger charge is 2.25. The first-order valence-corrected chi connectivity index (χ1v) is 16.1. The molecular formula is C38H36F4N3O6+. The molecule has 3 aromatic rings. The van der Waals surface area contributed by atoms with Crippen molar-refractivity contribution in [2.24, 2.45) is 0 Å². The summed E-state index contributed by atoms with van der Waals surface area (Å²) in [7, 11) is 7.65. The van der Waals surface area contributed by atoms with Gasteiger partial charge in [-0.15, -0.1) is 0 Å². The van der Waals surface area contributed by atoms with Crippen LogP contribution in [0.1, 0.15) is 52.8 Å². The fourth-order valence-electron chi connectivity index (χ4n) is 5.65. The third-order valence-electron chi connectivity index (χ3n) is 8.38. The molecule has 0 saturated carbocycles. The molecule has 1 aliphatic carbocycles. The van der Waals surface area contributed by atoms with Gasteiger partial charge in [0, 0.05) is 73.0 Å². The van der Waals surface area contributed by atoms with Crippen molar-refractivity contribution in [1.29, 1.82) is 0 Å². The number of ether oxygens (including phenoxy) is 1. The van der Waals surface area contributed by atoms with Gasteiger partial charge in [0.15, 0.2) is 11.6 Å². The van der Waals surface area contributed by atoms with Crippen LogP contribution in [0, 0.1) is 23.3 Å². The molecule has 9 nitrogen and oxygen atoms in total. The minimum Gasteiger partial charge on any atom is -0.478 e. The molecule has 0 unspecified atom stereocenters. The van der Waals surface area contributed by atoms with E-state index in [1.807, 2.05) is 74.1 Å². The number of hydrogen-bond donors (Lipinski definition) is 2. The van der Waals surface area contributed by atoms with Crippen molar-refractivity contribution in [3.63, 3.8) is 0 Å². The molecular weight excluding hydrogens is 670 g/mol. The Morgan fingerprint density at radius 3 is 2.20 bits per heavy atom. The number of nitrogens with one attached hydrogen (secondary N) is 1. The molecule has 0 saturated heterocycles. The van der Waals surface area contributed by atoms with Crippen molar-refractivity contribution in [3.05, 3.63) is 100 Å². The summed E-state index contributed by atoms with van der Waals surface area (Å²) in [4.78, 5) is 39.6. The average molecular weight is 707 g/mol. The number of fused-ring (bicyclic) bond motifs is 2. The van der Waals surface area contributed by atoms with Crippen molar-refractivity contribution < 1.29 is 46.2 Å². The second kappa shape index (κ2) is 15.4. The van der Waals surface area contributed by atoms with E-state index < -0.39 is 46.9 Å². The van der Waals surface area contributed by atoms with Crippen LogP contribution in [0.15, 0.2) is 65.1 Å².